The molecule has 0 aliphatic rings. The number of hydrogen-bond donors (Lipinski definition) is 1. The zero-order chi connectivity index (χ0) is 8.97. The first kappa shape index (κ1) is 12.3. The number of rotatable bonds is 3. The van der Waals surface area contributed by atoms with Crippen LogP contribution < -0.4 is 5.32 Å². The van der Waals surface area contributed by atoms with Gasteiger partial charge in [0.2, 0.25) is 0 Å². The standard InChI is InChI=1S/C11H17N.ClH/c1-4-7-12-11-8-9(2)5-6-10(11)3;/h5-6,8,12H,4,7H2,1-3H3;1H. The highest BCUT2D eigenvalue weighted by Crippen LogP contribution is 2.15. The molecule has 2 heteroatoms. The van der Waals surface area contributed by atoms with Crippen molar-refractivity contribution in [3.63, 3.8) is 0 Å². The quantitative estimate of drug-likeness (QED) is 0.785. The van der Waals surface area contributed by atoms with Crippen LogP contribution in [0, 0.1) is 13.8 Å². The normalized spacial score (nSPS) is 9.15. The highest BCUT2D eigenvalue weighted by Gasteiger charge is 1.95. The topological polar surface area (TPSA) is 12.0 Å². The predicted molar refractivity (Wildman–Crippen MR) is 61.9 cm³/mol. The third kappa shape index (κ3) is 3.69. The largest absolute Gasteiger partial charge is 0.385 e. The summed E-state index contributed by atoms with van der Waals surface area (Å²) in [6, 6.07) is 6.50. The van der Waals surface area contributed by atoms with Crippen LogP contribution in [-0.2, 0) is 0 Å². The van der Waals surface area contributed by atoms with E-state index in [0.29, 0.717) is 0 Å². The summed E-state index contributed by atoms with van der Waals surface area (Å²) in [4.78, 5) is 0. The number of aryl methyl sites for hydroxylation is 2. The van der Waals surface area contributed by atoms with Crippen molar-refractivity contribution in [1.82, 2.24) is 0 Å². The molecule has 0 radical (unpaired) electrons. The summed E-state index contributed by atoms with van der Waals surface area (Å²) in [6.07, 6.45) is 1.17. The van der Waals surface area contributed by atoms with Gasteiger partial charge in [0.05, 0.1) is 0 Å². The smallest absolute Gasteiger partial charge is 0.0372 e. The predicted octanol–water partition coefficient (Wildman–Crippen LogP) is 3.55. The monoisotopic (exact) mass is 199 g/mol. The molecule has 0 saturated heterocycles. The molecule has 0 bridgehead atoms. The molecule has 0 unspecified atom stereocenters. The first-order valence-electron chi connectivity index (χ1n) is 4.55. The second-order valence-electron chi connectivity index (χ2n) is 3.25. The van der Waals surface area contributed by atoms with E-state index in [9.17, 15) is 0 Å². The molecular weight excluding hydrogens is 182 g/mol. The fourth-order valence-corrected chi connectivity index (χ4v) is 1.19. The Morgan fingerprint density at radius 1 is 1.23 bits per heavy atom. The van der Waals surface area contributed by atoms with Crippen molar-refractivity contribution >= 4 is 18.1 Å². The second kappa shape index (κ2) is 5.87. The van der Waals surface area contributed by atoms with Crippen molar-refractivity contribution in [2.24, 2.45) is 0 Å². The van der Waals surface area contributed by atoms with Gasteiger partial charge in [0.15, 0.2) is 0 Å². The van der Waals surface area contributed by atoms with Crippen LogP contribution in [0.3, 0.4) is 0 Å². The van der Waals surface area contributed by atoms with E-state index in [1.807, 2.05) is 0 Å². The minimum atomic E-state index is 0. The number of nitrogens with one attached hydrogen (secondary N) is 1. The van der Waals surface area contributed by atoms with Crippen molar-refractivity contribution in [2.45, 2.75) is 27.2 Å². The van der Waals surface area contributed by atoms with Crippen LogP contribution in [0.2, 0.25) is 0 Å². The summed E-state index contributed by atoms with van der Waals surface area (Å²) < 4.78 is 0. The Morgan fingerprint density at radius 2 is 1.92 bits per heavy atom. The molecule has 0 fully saturated rings. The Kier molecular flexibility index (Phi) is 5.56. The zero-order valence-corrected chi connectivity index (χ0v) is 9.37. The van der Waals surface area contributed by atoms with Gasteiger partial charge in [-0.2, -0.15) is 0 Å². The molecule has 0 aromatic heterocycles. The van der Waals surface area contributed by atoms with Gasteiger partial charge in [0, 0.05) is 12.2 Å². The Bertz CT molecular complexity index is 258. The Hall–Kier alpha value is -0.690. The number of anilines is 1. The van der Waals surface area contributed by atoms with E-state index in [0.717, 1.165) is 6.54 Å². The number of hydrogen-bond acceptors (Lipinski definition) is 1. The van der Waals surface area contributed by atoms with Crippen molar-refractivity contribution < 1.29 is 0 Å². The van der Waals surface area contributed by atoms with Crippen LogP contribution in [0.1, 0.15) is 24.5 Å². The van der Waals surface area contributed by atoms with E-state index >= 15 is 0 Å². The first-order valence-corrected chi connectivity index (χ1v) is 4.55. The average Bonchev–Trinajstić information content (AvgIpc) is 2.07. The Balaban J connectivity index is 0.00000144. The maximum Gasteiger partial charge on any atom is 0.0372 e. The van der Waals surface area contributed by atoms with Gasteiger partial charge in [-0.3, -0.25) is 0 Å². The lowest BCUT2D eigenvalue weighted by molar-refractivity contribution is 0.977. The van der Waals surface area contributed by atoms with Crippen LogP contribution in [0.4, 0.5) is 5.69 Å². The van der Waals surface area contributed by atoms with Crippen molar-refractivity contribution in [1.29, 1.82) is 0 Å². The molecule has 1 aromatic carbocycles. The van der Waals surface area contributed by atoms with Crippen molar-refractivity contribution in [3.8, 4) is 0 Å². The van der Waals surface area contributed by atoms with Crippen LogP contribution in [0.15, 0.2) is 18.2 Å². The van der Waals surface area contributed by atoms with Gasteiger partial charge in [-0.25, -0.2) is 0 Å². The van der Waals surface area contributed by atoms with E-state index in [-0.39, 0.29) is 12.4 Å². The molecule has 13 heavy (non-hydrogen) atoms. The van der Waals surface area contributed by atoms with E-state index in [1.165, 1.54) is 23.2 Å². The van der Waals surface area contributed by atoms with Crippen molar-refractivity contribution in [3.05, 3.63) is 29.3 Å². The summed E-state index contributed by atoms with van der Waals surface area (Å²) in [6.45, 7) is 7.50. The van der Waals surface area contributed by atoms with Crippen molar-refractivity contribution in [2.75, 3.05) is 11.9 Å². The van der Waals surface area contributed by atoms with Gasteiger partial charge in [-0.1, -0.05) is 19.1 Å². The van der Waals surface area contributed by atoms with Crippen LogP contribution in [0.5, 0.6) is 0 Å². The second-order valence-corrected chi connectivity index (χ2v) is 3.25. The molecule has 1 N–H and O–H groups in total. The molecule has 0 aliphatic heterocycles. The fraction of sp³-hybridized carbons (Fsp3) is 0.455. The highest BCUT2D eigenvalue weighted by atomic mass is 35.5. The highest BCUT2D eigenvalue weighted by molar-refractivity contribution is 5.85. The molecular formula is C11H18ClN. The lowest BCUT2D eigenvalue weighted by Gasteiger charge is -2.08. The van der Waals surface area contributed by atoms with E-state index < -0.39 is 0 Å². The SMILES string of the molecule is CCCNc1cc(C)ccc1C.Cl. The van der Waals surface area contributed by atoms with Gasteiger partial charge >= 0.3 is 0 Å². The molecule has 1 aromatic rings. The fourth-order valence-electron chi connectivity index (χ4n) is 1.19. The summed E-state index contributed by atoms with van der Waals surface area (Å²) in [7, 11) is 0. The van der Waals surface area contributed by atoms with E-state index in [4.69, 9.17) is 0 Å². The first-order chi connectivity index (χ1) is 5.74. The van der Waals surface area contributed by atoms with Gasteiger partial charge in [0.1, 0.15) is 0 Å². The zero-order valence-electron chi connectivity index (χ0n) is 8.55. The summed E-state index contributed by atoms with van der Waals surface area (Å²) in [5, 5.41) is 3.40. The summed E-state index contributed by atoms with van der Waals surface area (Å²) in [5.41, 5.74) is 3.92. The lowest BCUT2D eigenvalue weighted by atomic mass is 10.1. The third-order valence-corrected chi connectivity index (χ3v) is 1.96. The third-order valence-electron chi connectivity index (χ3n) is 1.96. The minimum absolute atomic E-state index is 0. The molecule has 0 amide bonds. The Morgan fingerprint density at radius 3 is 2.54 bits per heavy atom. The van der Waals surface area contributed by atoms with Crippen LogP contribution in [-0.4, -0.2) is 6.54 Å². The lowest BCUT2D eigenvalue weighted by Crippen LogP contribution is -2.01. The summed E-state index contributed by atoms with van der Waals surface area (Å²) in [5.74, 6) is 0. The molecule has 0 heterocycles. The van der Waals surface area contributed by atoms with Gasteiger partial charge in [0.25, 0.3) is 0 Å². The number of halogens is 1. The summed E-state index contributed by atoms with van der Waals surface area (Å²) >= 11 is 0. The molecule has 0 atom stereocenters. The van der Waals surface area contributed by atoms with Gasteiger partial charge in [-0.15, -0.1) is 12.4 Å². The van der Waals surface area contributed by atoms with Crippen LogP contribution in [0.25, 0.3) is 0 Å². The molecule has 1 rings (SSSR count). The molecule has 0 spiro atoms. The molecule has 0 aliphatic carbocycles. The molecule has 0 saturated carbocycles. The van der Waals surface area contributed by atoms with E-state index in [1.54, 1.807) is 0 Å². The average molecular weight is 200 g/mol. The van der Waals surface area contributed by atoms with Gasteiger partial charge < -0.3 is 5.32 Å². The van der Waals surface area contributed by atoms with Gasteiger partial charge in [-0.05, 0) is 37.5 Å². The number of benzene rings is 1. The maximum absolute atomic E-state index is 3.40. The van der Waals surface area contributed by atoms with Crippen LogP contribution >= 0.6 is 12.4 Å². The molecule has 74 valence electrons. The molecule has 1 nitrogen and oxygen atoms in total. The maximum atomic E-state index is 3.40. The minimum Gasteiger partial charge on any atom is -0.385 e. The van der Waals surface area contributed by atoms with E-state index in [2.05, 4.69) is 44.3 Å². The Labute approximate surface area is 87.0 Å².